The second kappa shape index (κ2) is 6.34. The summed E-state index contributed by atoms with van der Waals surface area (Å²) >= 11 is 6.02. The molecule has 2 heterocycles. The molecule has 3 aromatic rings. The zero-order valence-electron chi connectivity index (χ0n) is 13.2. The van der Waals surface area contributed by atoms with Crippen LogP contribution in [0.4, 0.5) is 5.82 Å². The highest BCUT2D eigenvalue weighted by atomic mass is 35.5. The Balaban J connectivity index is 1.95. The van der Waals surface area contributed by atoms with Crippen LogP contribution in [-0.4, -0.2) is 9.97 Å². The second-order valence-corrected chi connectivity index (χ2v) is 6.03. The van der Waals surface area contributed by atoms with Crippen molar-refractivity contribution < 1.29 is 0 Å². The number of aromatic amines is 1. The number of nitriles is 1. The number of rotatable bonds is 3. The Kier molecular flexibility index (Phi) is 4.24. The van der Waals surface area contributed by atoms with Gasteiger partial charge < -0.3 is 10.3 Å². The molecule has 0 bridgehead atoms. The van der Waals surface area contributed by atoms with Crippen molar-refractivity contribution >= 4 is 28.3 Å². The predicted molar refractivity (Wildman–Crippen MR) is 95.3 cm³/mol. The second-order valence-electron chi connectivity index (χ2n) is 5.59. The molecule has 3 rings (SSSR count). The molecule has 0 aliphatic heterocycles. The van der Waals surface area contributed by atoms with Crippen LogP contribution in [0.2, 0.25) is 5.02 Å². The van der Waals surface area contributed by atoms with Crippen LogP contribution < -0.4 is 10.9 Å². The lowest BCUT2D eigenvalue weighted by Crippen LogP contribution is -2.19. The molecule has 0 saturated heterocycles. The van der Waals surface area contributed by atoms with E-state index in [1.807, 2.05) is 19.1 Å². The largest absolute Gasteiger partial charge is 0.363 e. The van der Waals surface area contributed by atoms with Crippen molar-refractivity contribution in [1.82, 2.24) is 9.97 Å². The maximum Gasteiger partial charge on any atom is 0.253 e. The number of fused-ring (bicyclic) bond motifs is 1. The molecule has 1 atom stereocenters. The van der Waals surface area contributed by atoms with Crippen LogP contribution in [0.3, 0.4) is 0 Å². The van der Waals surface area contributed by atoms with Crippen molar-refractivity contribution in [2.75, 3.05) is 5.32 Å². The summed E-state index contributed by atoms with van der Waals surface area (Å²) < 4.78 is 0. The number of anilines is 1. The Morgan fingerprint density at radius 3 is 2.79 bits per heavy atom. The van der Waals surface area contributed by atoms with Gasteiger partial charge in [0.15, 0.2) is 0 Å². The molecule has 0 amide bonds. The number of nitrogens with zero attached hydrogens (tertiary/aromatic N) is 2. The van der Waals surface area contributed by atoms with Crippen LogP contribution >= 0.6 is 11.6 Å². The van der Waals surface area contributed by atoms with Gasteiger partial charge in [0.2, 0.25) is 0 Å². The highest BCUT2D eigenvalue weighted by Gasteiger charge is 2.12. The molecule has 0 spiro atoms. The molecule has 0 aliphatic carbocycles. The first-order valence-corrected chi connectivity index (χ1v) is 7.82. The van der Waals surface area contributed by atoms with E-state index in [1.54, 1.807) is 31.2 Å². The number of hydrogen-bond donors (Lipinski definition) is 2. The Hall–Kier alpha value is -2.84. The van der Waals surface area contributed by atoms with E-state index in [-0.39, 0.29) is 11.6 Å². The molecule has 0 unspecified atom stereocenters. The summed E-state index contributed by atoms with van der Waals surface area (Å²) in [5, 5.41) is 13.6. The zero-order valence-corrected chi connectivity index (χ0v) is 14.0. The molecule has 120 valence electrons. The summed E-state index contributed by atoms with van der Waals surface area (Å²) in [6.07, 6.45) is 0. The van der Waals surface area contributed by atoms with Crippen molar-refractivity contribution in [3.8, 4) is 6.07 Å². The number of benzene rings is 1. The topological polar surface area (TPSA) is 81.6 Å². The minimum atomic E-state index is -0.253. The van der Waals surface area contributed by atoms with Crippen molar-refractivity contribution in [2.24, 2.45) is 0 Å². The molecule has 0 radical (unpaired) electrons. The van der Waals surface area contributed by atoms with Crippen LogP contribution in [0, 0.1) is 18.3 Å². The van der Waals surface area contributed by atoms with Crippen molar-refractivity contribution in [2.45, 2.75) is 19.9 Å². The van der Waals surface area contributed by atoms with Crippen molar-refractivity contribution in [3.63, 3.8) is 0 Å². The molecule has 0 aliphatic rings. The third kappa shape index (κ3) is 3.10. The maximum atomic E-state index is 12.3. The van der Waals surface area contributed by atoms with Crippen LogP contribution in [0.1, 0.15) is 29.8 Å². The Bertz CT molecular complexity index is 1020. The molecule has 6 heteroatoms. The number of aryl methyl sites for hydroxylation is 1. The molecule has 24 heavy (non-hydrogen) atoms. The van der Waals surface area contributed by atoms with Gasteiger partial charge in [-0.1, -0.05) is 11.6 Å². The molecule has 5 nitrogen and oxygen atoms in total. The molecular weight excluding hydrogens is 324 g/mol. The van der Waals surface area contributed by atoms with E-state index in [9.17, 15) is 4.79 Å². The predicted octanol–water partition coefficient (Wildman–Crippen LogP) is 3.93. The van der Waals surface area contributed by atoms with Crippen LogP contribution in [0.25, 0.3) is 10.9 Å². The summed E-state index contributed by atoms with van der Waals surface area (Å²) in [5.74, 6) is 0.615. The summed E-state index contributed by atoms with van der Waals surface area (Å²) in [4.78, 5) is 19.5. The van der Waals surface area contributed by atoms with Gasteiger partial charge in [0.25, 0.3) is 5.56 Å². The fraction of sp³-hybridized carbons (Fsp3) is 0.167. The number of pyridine rings is 2. The number of nitrogens with one attached hydrogen (secondary N) is 2. The van der Waals surface area contributed by atoms with Gasteiger partial charge in [-0.05, 0) is 50.2 Å². The van der Waals surface area contributed by atoms with E-state index in [0.29, 0.717) is 27.7 Å². The first-order chi connectivity index (χ1) is 11.5. The zero-order chi connectivity index (χ0) is 17.3. The molecule has 0 saturated carbocycles. The Morgan fingerprint density at radius 2 is 2.08 bits per heavy atom. The van der Waals surface area contributed by atoms with E-state index >= 15 is 0 Å². The van der Waals surface area contributed by atoms with E-state index in [2.05, 4.69) is 21.4 Å². The van der Waals surface area contributed by atoms with E-state index in [1.165, 1.54) is 0 Å². The first-order valence-electron chi connectivity index (χ1n) is 7.44. The van der Waals surface area contributed by atoms with Crippen molar-refractivity contribution in [3.05, 3.63) is 68.6 Å². The minimum Gasteiger partial charge on any atom is -0.363 e. The lowest BCUT2D eigenvalue weighted by molar-refractivity contribution is 0.855. The summed E-state index contributed by atoms with van der Waals surface area (Å²) in [7, 11) is 0. The van der Waals surface area contributed by atoms with Gasteiger partial charge in [-0.15, -0.1) is 0 Å². The highest BCUT2D eigenvalue weighted by Crippen LogP contribution is 2.21. The van der Waals surface area contributed by atoms with Gasteiger partial charge >= 0.3 is 0 Å². The van der Waals surface area contributed by atoms with E-state index in [0.717, 1.165) is 10.9 Å². The fourth-order valence-corrected chi connectivity index (χ4v) is 2.76. The molecule has 2 aromatic heterocycles. The third-order valence-electron chi connectivity index (χ3n) is 3.87. The first kappa shape index (κ1) is 16.0. The van der Waals surface area contributed by atoms with Crippen LogP contribution in [0.5, 0.6) is 0 Å². The summed E-state index contributed by atoms with van der Waals surface area (Å²) in [5.41, 5.74) is 2.36. The quantitative estimate of drug-likeness (QED) is 0.758. The molecular formula is C18H15ClN4O. The lowest BCUT2D eigenvalue weighted by atomic mass is 10.1. The summed E-state index contributed by atoms with van der Waals surface area (Å²) in [6, 6.07) is 12.4. The Labute approximate surface area is 143 Å². The number of hydrogen-bond acceptors (Lipinski definition) is 4. The van der Waals surface area contributed by atoms with Gasteiger partial charge in [0.1, 0.15) is 11.9 Å². The number of aromatic nitrogens is 2. The minimum absolute atomic E-state index is 0.157. The third-order valence-corrected chi connectivity index (χ3v) is 4.11. The lowest BCUT2D eigenvalue weighted by Gasteiger charge is -2.15. The monoisotopic (exact) mass is 338 g/mol. The highest BCUT2D eigenvalue weighted by molar-refractivity contribution is 6.31. The van der Waals surface area contributed by atoms with Crippen molar-refractivity contribution in [1.29, 1.82) is 5.26 Å². The van der Waals surface area contributed by atoms with Crippen LogP contribution in [0.15, 0.2) is 41.2 Å². The van der Waals surface area contributed by atoms with Crippen LogP contribution in [-0.2, 0) is 0 Å². The van der Waals surface area contributed by atoms with Gasteiger partial charge in [0.05, 0.1) is 17.3 Å². The average molecular weight is 339 g/mol. The molecule has 1 aromatic carbocycles. The van der Waals surface area contributed by atoms with Gasteiger partial charge in [-0.2, -0.15) is 5.26 Å². The standard InChI is InChI=1S/C18H15ClN4O/c1-10-12(9-20)3-6-17(21-10)22-11(2)15-8-13-7-14(19)4-5-16(13)23-18(15)24/h3-8,11H,1-2H3,(H,21,22)(H,23,24)/t11-/m1/s1. The van der Waals surface area contributed by atoms with Gasteiger partial charge in [-0.3, -0.25) is 4.79 Å². The molecule has 0 fully saturated rings. The number of halogens is 1. The smallest absolute Gasteiger partial charge is 0.253 e. The van der Waals surface area contributed by atoms with E-state index < -0.39 is 0 Å². The SMILES string of the molecule is Cc1nc(N[C@H](C)c2cc3cc(Cl)ccc3[nH]c2=O)ccc1C#N. The Morgan fingerprint density at radius 1 is 1.29 bits per heavy atom. The maximum absolute atomic E-state index is 12.3. The normalized spacial score (nSPS) is 11.9. The fourth-order valence-electron chi connectivity index (χ4n) is 2.58. The summed E-state index contributed by atoms with van der Waals surface area (Å²) in [6.45, 7) is 3.66. The van der Waals surface area contributed by atoms with Gasteiger partial charge in [0, 0.05) is 21.5 Å². The molecule has 2 N–H and O–H groups in total. The number of H-pyrrole nitrogens is 1. The average Bonchev–Trinajstić information content (AvgIpc) is 2.54. The van der Waals surface area contributed by atoms with E-state index in [4.69, 9.17) is 16.9 Å². The van der Waals surface area contributed by atoms with Gasteiger partial charge in [-0.25, -0.2) is 4.98 Å².